The summed E-state index contributed by atoms with van der Waals surface area (Å²) in [5, 5.41) is 11.0. The second-order valence-corrected chi connectivity index (χ2v) is 6.31. The molecule has 0 radical (unpaired) electrons. The van der Waals surface area contributed by atoms with E-state index in [4.69, 9.17) is 0 Å². The molecular formula is C17H23FN6O. The zero-order valence-corrected chi connectivity index (χ0v) is 14.2. The topological polar surface area (TPSA) is 67.2 Å². The third-order valence-corrected chi connectivity index (χ3v) is 4.43. The predicted molar refractivity (Wildman–Crippen MR) is 89.9 cm³/mol. The van der Waals surface area contributed by atoms with Gasteiger partial charge in [-0.05, 0) is 41.0 Å². The molecule has 1 aromatic carbocycles. The van der Waals surface area contributed by atoms with Crippen LogP contribution in [0.15, 0.2) is 30.6 Å². The van der Waals surface area contributed by atoms with Crippen LogP contribution >= 0.6 is 0 Å². The van der Waals surface area contributed by atoms with Crippen LogP contribution in [-0.2, 0) is 17.9 Å². The Morgan fingerprint density at radius 2 is 1.96 bits per heavy atom. The molecule has 7 nitrogen and oxygen atoms in total. The second kappa shape index (κ2) is 8.66. The molecule has 1 fully saturated rings. The zero-order chi connectivity index (χ0) is 17.5. The molecule has 0 N–H and O–H groups in total. The fourth-order valence-corrected chi connectivity index (χ4v) is 3.06. The summed E-state index contributed by atoms with van der Waals surface area (Å²) in [6, 6.07) is 6.63. The van der Waals surface area contributed by atoms with E-state index in [-0.39, 0.29) is 11.7 Å². The van der Waals surface area contributed by atoms with E-state index in [1.54, 1.807) is 11.0 Å². The lowest BCUT2D eigenvalue weighted by Gasteiger charge is -2.22. The Morgan fingerprint density at radius 3 is 2.72 bits per heavy atom. The summed E-state index contributed by atoms with van der Waals surface area (Å²) in [6.07, 6.45) is 3.77. The van der Waals surface area contributed by atoms with E-state index >= 15 is 0 Å². The normalized spacial score (nSPS) is 16.0. The quantitative estimate of drug-likeness (QED) is 0.789. The van der Waals surface area contributed by atoms with E-state index in [0.29, 0.717) is 13.0 Å². The van der Waals surface area contributed by atoms with Gasteiger partial charge in [0.25, 0.3) is 0 Å². The number of halogens is 1. The van der Waals surface area contributed by atoms with Gasteiger partial charge in [0, 0.05) is 45.7 Å². The molecule has 0 atom stereocenters. The molecule has 0 saturated carbocycles. The van der Waals surface area contributed by atoms with E-state index in [9.17, 15) is 9.18 Å². The minimum atomic E-state index is -0.210. The Morgan fingerprint density at radius 1 is 1.12 bits per heavy atom. The molecule has 1 saturated heterocycles. The minimum absolute atomic E-state index is 0.191. The summed E-state index contributed by atoms with van der Waals surface area (Å²) < 4.78 is 14.6. The van der Waals surface area contributed by atoms with Crippen molar-refractivity contribution in [1.82, 2.24) is 30.0 Å². The number of hydrogen-bond acceptors (Lipinski definition) is 5. The largest absolute Gasteiger partial charge is 0.341 e. The molecule has 2 aromatic rings. The van der Waals surface area contributed by atoms with Gasteiger partial charge in [-0.15, -0.1) is 5.10 Å². The van der Waals surface area contributed by atoms with E-state index in [2.05, 4.69) is 20.4 Å². The fraction of sp³-hybridized carbons (Fsp3) is 0.529. The summed E-state index contributed by atoms with van der Waals surface area (Å²) in [6.45, 7) is 4.78. The number of nitrogens with zero attached hydrogens (tertiary/aromatic N) is 6. The van der Waals surface area contributed by atoms with E-state index in [1.165, 1.54) is 12.1 Å². The molecule has 2 heterocycles. The number of benzene rings is 1. The highest BCUT2D eigenvalue weighted by Gasteiger charge is 2.19. The third kappa shape index (κ3) is 5.32. The van der Waals surface area contributed by atoms with Crippen LogP contribution in [0.4, 0.5) is 4.39 Å². The zero-order valence-electron chi connectivity index (χ0n) is 14.2. The van der Waals surface area contributed by atoms with Gasteiger partial charge in [-0.25, -0.2) is 9.07 Å². The lowest BCUT2D eigenvalue weighted by atomic mass is 10.2. The van der Waals surface area contributed by atoms with Gasteiger partial charge < -0.3 is 4.90 Å². The van der Waals surface area contributed by atoms with Gasteiger partial charge in [0.2, 0.25) is 5.91 Å². The van der Waals surface area contributed by atoms with Crippen LogP contribution in [0.3, 0.4) is 0 Å². The molecule has 0 bridgehead atoms. The molecule has 0 aliphatic carbocycles. The van der Waals surface area contributed by atoms with Crippen LogP contribution in [0.25, 0.3) is 0 Å². The molecule has 1 amide bonds. The molecular weight excluding hydrogens is 323 g/mol. The van der Waals surface area contributed by atoms with Gasteiger partial charge in [-0.1, -0.05) is 12.1 Å². The van der Waals surface area contributed by atoms with Gasteiger partial charge in [0.1, 0.15) is 12.1 Å². The number of aromatic nitrogens is 4. The van der Waals surface area contributed by atoms with E-state index in [0.717, 1.165) is 51.1 Å². The lowest BCUT2D eigenvalue weighted by molar-refractivity contribution is -0.131. The Labute approximate surface area is 146 Å². The molecule has 0 unspecified atom stereocenters. The van der Waals surface area contributed by atoms with Crippen LogP contribution in [0.2, 0.25) is 0 Å². The highest BCUT2D eigenvalue weighted by Crippen LogP contribution is 2.11. The molecule has 134 valence electrons. The smallest absolute Gasteiger partial charge is 0.222 e. The summed E-state index contributed by atoms with van der Waals surface area (Å²) in [5.41, 5.74) is 1.10. The van der Waals surface area contributed by atoms with Crippen LogP contribution in [-0.4, -0.2) is 62.1 Å². The molecule has 1 aliphatic heterocycles. The van der Waals surface area contributed by atoms with Crippen LogP contribution in [0.5, 0.6) is 0 Å². The Kier molecular flexibility index (Phi) is 6.05. The first-order chi connectivity index (χ1) is 12.2. The van der Waals surface area contributed by atoms with Gasteiger partial charge in [-0.2, -0.15) is 0 Å². The molecule has 1 aromatic heterocycles. The van der Waals surface area contributed by atoms with Crippen molar-refractivity contribution in [3.05, 3.63) is 42.0 Å². The Bertz CT molecular complexity index is 660. The lowest BCUT2D eigenvalue weighted by Crippen LogP contribution is -2.35. The summed E-state index contributed by atoms with van der Waals surface area (Å²) in [5.74, 6) is -0.0187. The van der Waals surface area contributed by atoms with Crippen molar-refractivity contribution >= 4 is 5.91 Å². The van der Waals surface area contributed by atoms with Gasteiger partial charge in [0.05, 0.1) is 0 Å². The Hall–Kier alpha value is -2.35. The van der Waals surface area contributed by atoms with Crippen LogP contribution in [0, 0.1) is 5.82 Å². The number of aryl methyl sites for hydroxylation is 1. The maximum Gasteiger partial charge on any atom is 0.222 e. The highest BCUT2D eigenvalue weighted by atomic mass is 19.1. The third-order valence-electron chi connectivity index (χ3n) is 4.43. The van der Waals surface area contributed by atoms with Crippen molar-refractivity contribution in [1.29, 1.82) is 0 Å². The average Bonchev–Trinajstić information content (AvgIpc) is 3.02. The standard InChI is InChI=1S/C17H23FN6O/c18-16-6-4-15(5-7-16)13-22-8-2-9-23(12-11-22)17(25)3-1-10-24-14-19-20-21-24/h4-7,14H,1-3,8-13H2. The number of hydrogen-bond donors (Lipinski definition) is 0. The number of carbonyl (C=O) groups is 1. The Balaban J connectivity index is 1.42. The predicted octanol–water partition coefficient (Wildman–Crippen LogP) is 1.33. The van der Waals surface area contributed by atoms with E-state index in [1.807, 2.05) is 17.0 Å². The highest BCUT2D eigenvalue weighted by molar-refractivity contribution is 5.76. The van der Waals surface area contributed by atoms with E-state index < -0.39 is 0 Å². The number of carbonyl (C=O) groups excluding carboxylic acids is 1. The molecule has 1 aliphatic rings. The molecule has 0 spiro atoms. The van der Waals surface area contributed by atoms with Crippen molar-refractivity contribution in [2.24, 2.45) is 0 Å². The first-order valence-electron chi connectivity index (χ1n) is 8.66. The first kappa shape index (κ1) is 17.5. The van der Waals surface area contributed by atoms with Crippen LogP contribution in [0.1, 0.15) is 24.8 Å². The van der Waals surface area contributed by atoms with Crippen molar-refractivity contribution in [2.75, 3.05) is 26.2 Å². The number of amides is 1. The van der Waals surface area contributed by atoms with Crippen molar-refractivity contribution in [3.63, 3.8) is 0 Å². The fourth-order valence-electron chi connectivity index (χ4n) is 3.06. The summed E-state index contributed by atoms with van der Waals surface area (Å²) >= 11 is 0. The molecule has 25 heavy (non-hydrogen) atoms. The molecule has 8 heteroatoms. The van der Waals surface area contributed by atoms with Crippen molar-refractivity contribution in [3.8, 4) is 0 Å². The first-order valence-corrected chi connectivity index (χ1v) is 8.66. The number of rotatable bonds is 6. The summed E-state index contributed by atoms with van der Waals surface area (Å²) in [7, 11) is 0. The SMILES string of the molecule is O=C(CCCn1cnnn1)N1CCCN(Cc2ccc(F)cc2)CC1. The minimum Gasteiger partial charge on any atom is -0.341 e. The monoisotopic (exact) mass is 346 g/mol. The average molecular weight is 346 g/mol. The van der Waals surface area contributed by atoms with Crippen LogP contribution < -0.4 is 0 Å². The van der Waals surface area contributed by atoms with Crippen molar-refractivity contribution in [2.45, 2.75) is 32.4 Å². The molecule has 3 rings (SSSR count). The second-order valence-electron chi connectivity index (χ2n) is 6.31. The maximum atomic E-state index is 13.0. The number of tetrazole rings is 1. The maximum absolute atomic E-state index is 13.0. The van der Waals surface area contributed by atoms with Crippen molar-refractivity contribution < 1.29 is 9.18 Å². The van der Waals surface area contributed by atoms with Gasteiger partial charge >= 0.3 is 0 Å². The summed E-state index contributed by atoms with van der Waals surface area (Å²) in [4.78, 5) is 16.7. The van der Waals surface area contributed by atoms with Gasteiger partial charge in [0.15, 0.2) is 0 Å². The van der Waals surface area contributed by atoms with Gasteiger partial charge in [-0.3, -0.25) is 9.69 Å².